The minimum atomic E-state index is -1.05. The third-order valence-corrected chi connectivity index (χ3v) is 3.05. The number of rotatable bonds is 7. The van der Waals surface area contributed by atoms with Crippen molar-refractivity contribution in [2.75, 3.05) is 13.7 Å². The molecule has 1 fully saturated rings. The number of carbonyl (C=O) groups is 2. The van der Waals surface area contributed by atoms with Crippen molar-refractivity contribution in [3.05, 3.63) is 0 Å². The summed E-state index contributed by atoms with van der Waals surface area (Å²) in [6.07, 6.45) is 4.17. The van der Waals surface area contributed by atoms with Crippen LogP contribution in [0.3, 0.4) is 0 Å². The quantitative estimate of drug-likeness (QED) is 0.676. The Balaban J connectivity index is 2.10. The Morgan fingerprint density at radius 3 is 2.62 bits per heavy atom. The number of aliphatic carboxylic acids is 1. The molecule has 0 aromatic heterocycles. The van der Waals surface area contributed by atoms with Crippen LogP contribution in [0.25, 0.3) is 0 Å². The van der Waals surface area contributed by atoms with Crippen molar-refractivity contribution in [2.24, 2.45) is 5.92 Å². The van der Waals surface area contributed by atoms with Gasteiger partial charge in [-0.2, -0.15) is 0 Å². The molecule has 5 nitrogen and oxygen atoms in total. The lowest BCUT2D eigenvalue weighted by atomic mass is 9.82. The summed E-state index contributed by atoms with van der Waals surface area (Å²) in [5.74, 6) is -0.444. The summed E-state index contributed by atoms with van der Waals surface area (Å²) in [6, 6.07) is 0. The van der Waals surface area contributed by atoms with E-state index in [0.717, 1.165) is 6.42 Å². The highest BCUT2D eigenvalue weighted by Gasteiger charge is 2.20. The van der Waals surface area contributed by atoms with Gasteiger partial charge in [-0.25, -0.2) is 4.79 Å². The van der Waals surface area contributed by atoms with Crippen molar-refractivity contribution in [3.8, 4) is 0 Å². The number of carbonyl (C=O) groups excluding carboxylic acids is 1. The summed E-state index contributed by atoms with van der Waals surface area (Å²) in [7, 11) is 1.32. The van der Waals surface area contributed by atoms with Crippen molar-refractivity contribution in [3.63, 3.8) is 0 Å². The summed E-state index contributed by atoms with van der Waals surface area (Å²) in [4.78, 5) is 22.0. The first kappa shape index (κ1) is 13.0. The zero-order chi connectivity index (χ0) is 12.0. The van der Waals surface area contributed by atoms with E-state index >= 15 is 0 Å². The van der Waals surface area contributed by atoms with E-state index < -0.39 is 12.1 Å². The van der Waals surface area contributed by atoms with Crippen LogP contribution in [0.4, 0.5) is 0 Å². The van der Waals surface area contributed by atoms with Gasteiger partial charge in [0, 0.05) is 13.5 Å². The van der Waals surface area contributed by atoms with E-state index in [-0.39, 0.29) is 12.5 Å². The Morgan fingerprint density at radius 1 is 1.50 bits per heavy atom. The molecule has 0 bridgehead atoms. The first-order valence-electron chi connectivity index (χ1n) is 5.65. The van der Waals surface area contributed by atoms with Gasteiger partial charge in [-0.1, -0.05) is 19.3 Å². The predicted octanol–water partition coefficient (Wildman–Crippen LogP) is 0.782. The van der Waals surface area contributed by atoms with E-state index in [0.29, 0.717) is 12.3 Å². The number of ether oxygens (including phenoxy) is 1. The number of hydrogen-bond donors (Lipinski definition) is 2. The molecule has 1 unspecified atom stereocenters. The molecule has 0 heterocycles. The maximum absolute atomic E-state index is 11.4. The zero-order valence-electron chi connectivity index (χ0n) is 9.57. The summed E-state index contributed by atoms with van der Waals surface area (Å²) in [5.41, 5.74) is 0. The largest absolute Gasteiger partial charge is 0.479 e. The molecule has 1 rings (SSSR count). The summed E-state index contributed by atoms with van der Waals surface area (Å²) in [5, 5.41) is 11.2. The molecular formula is C11H19NO4. The van der Waals surface area contributed by atoms with Gasteiger partial charge in [-0.15, -0.1) is 0 Å². The van der Waals surface area contributed by atoms with Crippen molar-refractivity contribution in [2.45, 2.75) is 38.2 Å². The molecule has 0 radical (unpaired) electrons. The lowest BCUT2D eigenvalue weighted by molar-refractivity contribution is -0.148. The van der Waals surface area contributed by atoms with Crippen molar-refractivity contribution >= 4 is 11.9 Å². The second-order valence-electron chi connectivity index (χ2n) is 4.20. The lowest BCUT2D eigenvalue weighted by Gasteiger charge is -2.24. The predicted molar refractivity (Wildman–Crippen MR) is 58.0 cm³/mol. The minimum Gasteiger partial charge on any atom is -0.479 e. The monoisotopic (exact) mass is 229 g/mol. The molecular weight excluding hydrogens is 210 g/mol. The highest BCUT2D eigenvalue weighted by atomic mass is 16.5. The van der Waals surface area contributed by atoms with Gasteiger partial charge < -0.3 is 15.2 Å². The van der Waals surface area contributed by atoms with Crippen LogP contribution in [-0.4, -0.2) is 36.7 Å². The molecule has 5 heteroatoms. The summed E-state index contributed by atoms with van der Waals surface area (Å²) >= 11 is 0. The molecule has 2 N–H and O–H groups in total. The third-order valence-electron chi connectivity index (χ3n) is 3.05. The number of methoxy groups -OCH3 is 1. The van der Waals surface area contributed by atoms with E-state index in [4.69, 9.17) is 9.84 Å². The fourth-order valence-corrected chi connectivity index (χ4v) is 1.68. The average molecular weight is 229 g/mol. The van der Waals surface area contributed by atoms with Crippen molar-refractivity contribution in [1.29, 1.82) is 0 Å². The Morgan fingerprint density at radius 2 is 2.19 bits per heavy atom. The van der Waals surface area contributed by atoms with Crippen LogP contribution in [0.1, 0.15) is 32.1 Å². The molecule has 1 aliphatic rings. The number of nitrogens with one attached hydrogen (secondary N) is 1. The van der Waals surface area contributed by atoms with Gasteiger partial charge in [0.05, 0.1) is 6.54 Å². The van der Waals surface area contributed by atoms with Gasteiger partial charge in [0.1, 0.15) is 0 Å². The number of amides is 1. The minimum absolute atomic E-state index is 0.0370. The van der Waals surface area contributed by atoms with Crippen molar-refractivity contribution in [1.82, 2.24) is 5.32 Å². The molecule has 92 valence electrons. The van der Waals surface area contributed by atoms with E-state index in [2.05, 4.69) is 5.32 Å². The topological polar surface area (TPSA) is 75.6 Å². The summed E-state index contributed by atoms with van der Waals surface area (Å²) < 4.78 is 4.71. The van der Waals surface area contributed by atoms with Crippen LogP contribution >= 0.6 is 0 Å². The molecule has 1 atom stereocenters. The lowest BCUT2D eigenvalue weighted by Crippen LogP contribution is -2.38. The first-order valence-corrected chi connectivity index (χ1v) is 5.65. The molecule has 1 amide bonds. The molecule has 16 heavy (non-hydrogen) atoms. The zero-order valence-corrected chi connectivity index (χ0v) is 9.57. The van der Waals surface area contributed by atoms with Crippen LogP contribution in [0.5, 0.6) is 0 Å². The fraction of sp³-hybridized carbons (Fsp3) is 0.818. The Bertz CT molecular complexity index is 250. The molecule has 0 saturated heterocycles. The van der Waals surface area contributed by atoms with Crippen LogP contribution < -0.4 is 5.32 Å². The van der Waals surface area contributed by atoms with Crippen LogP contribution in [0, 0.1) is 5.92 Å². The summed E-state index contributed by atoms with van der Waals surface area (Å²) in [6.45, 7) is 0.0370. The molecule has 1 aliphatic carbocycles. The normalized spacial score (nSPS) is 17.6. The third kappa shape index (κ3) is 4.18. The van der Waals surface area contributed by atoms with E-state index in [1.165, 1.54) is 26.4 Å². The van der Waals surface area contributed by atoms with Crippen LogP contribution in [0.15, 0.2) is 0 Å². The van der Waals surface area contributed by atoms with Crippen molar-refractivity contribution < 1.29 is 19.4 Å². The number of carboxylic acid groups (broad SMARTS) is 1. The van der Waals surface area contributed by atoms with Gasteiger partial charge in [-0.3, -0.25) is 4.79 Å². The van der Waals surface area contributed by atoms with E-state index in [1.807, 2.05) is 0 Å². The highest BCUT2D eigenvalue weighted by Crippen LogP contribution is 2.30. The van der Waals surface area contributed by atoms with Gasteiger partial charge in [-0.05, 0) is 12.3 Å². The van der Waals surface area contributed by atoms with Gasteiger partial charge in [0.2, 0.25) is 5.91 Å². The standard InChI is InChI=1S/C11H19NO4/c1-16-9(11(14)15)7-12-10(13)6-5-8-3-2-4-8/h8-9H,2-7H2,1H3,(H,12,13)(H,14,15). The van der Waals surface area contributed by atoms with Gasteiger partial charge >= 0.3 is 5.97 Å². The van der Waals surface area contributed by atoms with Crippen LogP contribution in [-0.2, 0) is 14.3 Å². The number of hydrogen-bond acceptors (Lipinski definition) is 3. The fourth-order valence-electron chi connectivity index (χ4n) is 1.68. The van der Waals surface area contributed by atoms with E-state index in [9.17, 15) is 9.59 Å². The highest BCUT2D eigenvalue weighted by molar-refractivity contribution is 5.78. The molecule has 0 aliphatic heterocycles. The molecule has 0 aromatic carbocycles. The maximum atomic E-state index is 11.4. The SMILES string of the molecule is COC(CNC(=O)CCC1CCC1)C(=O)O. The maximum Gasteiger partial charge on any atom is 0.334 e. The average Bonchev–Trinajstić information content (AvgIpc) is 2.15. The molecule has 1 saturated carbocycles. The van der Waals surface area contributed by atoms with Crippen LogP contribution in [0.2, 0.25) is 0 Å². The second-order valence-corrected chi connectivity index (χ2v) is 4.20. The molecule has 0 aromatic rings. The van der Waals surface area contributed by atoms with Gasteiger partial charge in [0.25, 0.3) is 0 Å². The Hall–Kier alpha value is -1.10. The van der Waals surface area contributed by atoms with E-state index in [1.54, 1.807) is 0 Å². The molecule has 0 spiro atoms. The number of carboxylic acids is 1. The Kier molecular flexibility index (Phi) is 5.25. The Labute approximate surface area is 95.2 Å². The first-order chi connectivity index (χ1) is 7.63. The van der Waals surface area contributed by atoms with Gasteiger partial charge in [0.15, 0.2) is 6.10 Å². The smallest absolute Gasteiger partial charge is 0.334 e. The second kappa shape index (κ2) is 6.48.